The average Bonchev–Trinajstić information content (AvgIpc) is 2.83. The van der Waals surface area contributed by atoms with Crippen molar-refractivity contribution in [3.8, 4) is 17.2 Å². The molecule has 0 unspecified atom stereocenters. The molecule has 2 aromatic carbocycles. The van der Waals surface area contributed by atoms with Crippen molar-refractivity contribution in [3.05, 3.63) is 53.6 Å². The summed E-state index contributed by atoms with van der Waals surface area (Å²) in [6, 6.07) is 14.0. The summed E-state index contributed by atoms with van der Waals surface area (Å²) in [6.45, 7) is 2.17. The first kappa shape index (κ1) is 12.9. The largest absolute Gasteiger partial charge is 0.497 e. The van der Waals surface area contributed by atoms with Crippen LogP contribution in [0.5, 0.6) is 17.2 Å². The molecule has 2 aromatic rings. The summed E-state index contributed by atoms with van der Waals surface area (Å²) >= 11 is 0. The summed E-state index contributed by atoms with van der Waals surface area (Å²) in [5.74, 6) is 2.91. The lowest BCUT2D eigenvalue weighted by atomic mass is 9.92. The minimum absolute atomic E-state index is 0.0201. The second-order valence-corrected chi connectivity index (χ2v) is 4.97. The molecule has 2 atom stereocenters. The van der Waals surface area contributed by atoms with E-state index in [0.717, 1.165) is 22.8 Å². The topological polar surface area (TPSA) is 27.7 Å². The van der Waals surface area contributed by atoms with Crippen molar-refractivity contribution in [2.24, 2.45) is 0 Å². The van der Waals surface area contributed by atoms with Gasteiger partial charge < -0.3 is 14.2 Å². The second-order valence-electron chi connectivity index (χ2n) is 4.97. The van der Waals surface area contributed by atoms with Gasteiger partial charge in [-0.15, -0.1) is 0 Å². The van der Waals surface area contributed by atoms with Crippen LogP contribution >= 0.6 is 0 Å². The monoisotopic (exact) mass is 270 g/mol. The first-order chi connectivity index (χ1) is 9.74. The van der Waals surface area contributed by atoms with E-state index in [4.69, 9.17) is 14.2 Å². The highest BCUT2D eigenvalue weighted by Gasteiger charge is 2.34. The van der Waals surface area contributed by atoms with Crippen LogP contribution in [0.3, 0.4) is 0 Å². The van der Waals surface area contributed by atoms with Crippen molar-refractivity contribution in [2.45, 2.75) is 18.9 Å². The van der Waals surface area contributed by atoms with Gasteiger partial charge in [0.1, 0.15) is 23.4 Å². The van der Waals surface area contributed by atoms with Crippen molar-refractivity contribution < 1.29 is 14.2 Å². The van der Waals surface area contributed by atoms with Crippen LogP contribution in [0.4, 0.5) is 0 Å². The number of ether oxygens (including phenoxy) is 3. The van der Waals surface area contributed by atoms with Crippen LogP contribution in [-0.4, -0.2) is 14.2 Å². The lowest BCUT2D eigenvalue weighted by molar-refractivity contribution is 0.210. The van der Waals surface area contributed by atoms with Crippen molar-refractivity contribution in [2.75, 3.05) is 14.2 Å². The van der Waals surface area contributed by atoms with Gasteiger partial charge in [-0.3, -0.25) is 0 Å². The van der Waals surface area contributed by atoms with Crippen molar-refractivity contribution in [3.63, 3.8) is 0 Å². The molecule has 0 saturated heterocycles. The molecule has 1 aliphatic rings. The normalized spacial score (nSPS) is 20.1. The van der Waals surface area contributed by atoms with E-state index in [1.807, 2.05) is 30.3 Å². The number of hydrogen-bond acceptors (Lipinski definition) is 3. The first-order valence-electron chi connectivity index (χ1n) is 6.72. The third-order valence-corrected chi connectivity index (χ3v) is 3.86. The zero-order valence-electron chi connectivity index (χ0n) is 11.9. The minimum atomic E-state index is -0.0201. The number of para-hydroxylation sites is 1. The van der Waals surface area contributed by atoms with E-state index in [-0.39, 0.29) is 12.0 Å². The molecule has 0 amide bonds. The van der Waals surface area contributed by atoms with Crippen LogP contribution in [0.15, 0.2) is 42.5 Å². The van der Waals surface area contributed by atoms with Crippen molar-refractivity contribution in [1.82, 2.24) is 0 Å². The molecule has 0 bridgehead atoms. The standard InChI is InChI=1S/C17H18O3/c1-11-14-10-12(18-2)8-9-16(14)20-17(11)13-6-4-5-7-15(13)19-3/h4-11,17H,1-3H3/t11-,17-/m0/s1. The van der Waals surface area contributed by atoms with E-state index >= 15 is 0 Å². The van der Waals surface area contributed by atoms with Gasteiger partial charge >= 0.3 is 0 Å². The van der Waals surface area contributed by atoms with Crippen LogP contribution < -0.4 is 14.2 Å². The summed E-state index contributed by atoms with van der Waals surface area (Å²) in [7, 11) is 3.37. The van der Waals surface area contributed by atoms with Crippen LogP contribution in [0.2, 0.25) is 0 Å². The molecule has 1 heterocycles. The van der Waals surface area contributed by atoms with Gasteiger partial charge in [0, 0.05) is 17.0 Å². The Kier molecular flexibility index (Phi) is 3.26. The predicted octanol–water partition coefficient (Wildman–Crippen LogP) is 3.94. The van der Waals surface area contributed by atoms with Crippen LogP contribution in [0.1, 0.15) is 30.1 Å². The average molecular weight is 270 g/mol. The quantitative estimate of drug-likeness (QED) is 0.845. The van der Waals surface area contributed by atoms with Gasteiger partial charge in [0.2, 0.25) is 0 Å². The Balaban J connectivity index is 1.99. The van der Waals surface area contributed by atoms with E-state index < -0.39 is 0 Å². The van der Waals surface area contributed by atoms with Gasteiger partial charge in [0.05, 0.1) is 14.2 Å². The Morgan fingerprint density at radius 3 is 2.50 bits per heavy atom. The number of fused-ring (bicyclic) bond motifs is 1. The zero-order chi connectivity index (χ0) is 14.1. The summed E-state index contributed by atoms with van der Waals surface area (Å²) in [5.41, 5.74) is 2.26. The number of rotatable bonds is 3. The summed E-state index contributed by atoms with van der Waals surface area (Å²) in [4.78, 5) is 0. The highest BCUT2D eigenvalue weighted by Crippen LogP contribution is 2.48. The van der Waals surface area contributed by atoms with Crippen molar-refractivity contribution >= 4 is 0 Å². The molecule has 0 radical (unpaired) electrons. The fourth-order valence-corrected chi connectivity index (χ4v) is 2.75. The molecule has 0 aliphatic carbocycles. The van der Waals surface area contributed by atoms with E-state index in [2.05, 4.69) is 19.1 Å². The predicted molar refractivity (Wildman–Crippen MR) is 77.8 cm³/mol. The van der Waals surface area contributed by atoms with E-state index in [1.54, 1.807) is 14.2 Å². The van der Waals surface area contributed by atoms with E-state index in [1.165, 1.54) is 5.56 Å². The Morgan fingerprint density at radius 1 is 0.950 bits per heavy atom. The molecule has 104 valence electrons. The first-order valence-corrected chi connectivity index (χ1v) is 6.72. The van der Waals surface area contributed by atoms with Crippen LogP contribution in [0.25, 0.3) is 0 Å². The fraction of sp³-hybridized carbons (Fsp3) is 0.294. The highest BCUT2D eigenvalue weighted by molar-refractivity contribution is 5.49. The van der Waals surface area contributed by atoms with Gasteiger partial charge in [0.25, 0.3) is 0 Å². The van der Waals surface area contributed by atoms with E-state index in [0.29, 0.717) is 0 Å². The van der Waals surface area contributed by atoms with Gasteiger partial charge in [0.15, 0.2) is 0 Å². The molecule has 0 N–H and O–H groups in total. The summed E-state index contributed by atoms with van der Waals surface area (Å²) < 4.78 is 16.9. The highest BCUT2D eigenvalue weighted by atomic mass is 16.5. The maximum absolute atomic E-state index is 6.11. The fourth-order valence-electron chi connectivity index (χ4n) is 2.75. The molecular formula is C17H18O3. The number of methoxy groups -OCH3 is 2. The summed E-state index contributed by atoms with van der Waals surface area (Å²) in [5, 5.41) is 0. The van der Waals surface area contributed by atoms with Gasteiger partial charge in [-0.1, -0.05) is 25.1 Å². The second kappa shape index (κ2) is 5.08. The molecule has 3 heteroatoms. The Bertz CT molecular complexity index is 621. The molecule has 3 nitrogen and oxygen atoms in total. The minimum Gasteiger partial charge on any atom is -0.497 e. The third kappa shape index (κ3) is 1.99. The van der Waals surface area contributed by atoms with Crippen LogP contribution in [-0.2, 0) is 0 Å². The molecule has 0 saturated carbocycles. The SMILES string of the molecule is COc1ccc2c(c1)[C@H](C)[C@@H](c1ccccc1OC)O2. The Hall–Kier alpha value is -2.16. The maximum Gasteiger partial charge on any atom is 0.134 e. The van der Waals surface area contributed by atoms with Gasteiger partial charge in [-0.2, -0.15) is 0 Å². The smallest absolute Gasteiger partial charge is 0.134 e. The van der Waals surface area contributed by atoms with Crippen LogP contribution in [0, 0.1) is 0 Å². The number of benzene rings is 2. The molecular weight excluding hydrogens is 252 g/mol. The Labute approximate surface area is 119 Å². The lowest BCUT2D eigenvalue weighted by Crippen LogP contribution is -2.08. The Morgan fingerprint density at radius 2 is 1.75 bits per heavy atom. The molecule has 0 aromatic heterocycles. The molecule has 0 spiro atoms. The molecule has 0 fully saturated rings. The lowest BCUT2D eigenvalue weighted by Gasteiger charge is -2.18. The molecule has 1 aliphatic heterocycles. The third-order valence-electron chi connectivity index (χ3n) is 3.86. The molecule has 3 rings (SSSR count). The van der Waals surface area contributed by atoms with Gasteiger partial charge in [-0.05, 0) is 24.3 Å². The maximum atomic E-state index is 6.11. The molecule has 20 heavy (non-hydrogen) atoms. The van der Waals surface area contributed by atoms with E-state index in [9.17, 15) is 0 Å². The number of hydrogen-bond donors (Lipinski definition) is 0. The van der Waals surface area contributed by atoms with Crippen molar-refractivity contribution in [1.29, 1.82) is 0 Å². The zero-order valence-corrected chi connectivity index (χ0v) is 11.9. The van der Waals surface area contributed by atoms with Gasteiger partial charge in [-0.25, -0.2) is 0 Å². The summed E-state index contributed by atoms with van der Waals surface area (Å²) in [6.07, 6.45) is -0.0201.